The molecule has 212 valence electrons. The Bertz CT molecular complexity index is 1580. The first kappa shape index (κ1) is 27.9. The van der Waals surface area contributed by atoms with Gasteiger partial charge < -0.3 is 19.7 Å². The standard InChI is InChI=1S/C33H27NO7S/c35-18-20-5-7-21(8-6-20)29-17-25(19-42-26-15-11-22(12-16-26)32(38)39)40-33(41-29)23-9-13-24(14-10-23)34-30(36)27-3-1-2-4-28(27)31(34)37/h1-16,25,29,33,35H,17-19H2,(H,38,39). The smallest absolute Gasteiger partial charge is 0.335 e. The van der Waals surface area contributed by atoms with E-state index in [2.05, 4.69) is 0 Å². The van der Waals surface area contributed by atoms with Crippen molar-refractivity contribution in [3.05, 3.63) is 130 Å². The average molecular weight is 582 g/mol. The molecule has 0 bridgehead atoms. The predicted octanol–water partition coefficient (Wildman–Crippen LogP) is 6.02. The number of amides is 2. The van der Waals surface area contributed by atoms with Crippen LogP contribution in [-0.2, 0) is 16.1 Å². The molecule has 0 spiro atoms. The fraction of sp³-hybridized carbons (Fsp3) is 0.182. The molecule has 0 aliphatic carbocycles. The van der Waals surface area contributed by atoms with Crippen molar-refractivity contribution in [2.24, 2.45) is 0 Å². The molecule has 2 heterocycles. The Balaban J connectivity index is 1.21. The molecule has 4 aromatic rings. The zero-order valence-corrected chi connectivity index (χ0v) is 23.2. The van der Waals surface area contributed by atoms with Crippen molar-refractivity contribution in [3.63, 3.8) is 0 Å². The highest BCUT2D eigenvalue weighted by Gasteiger charge is 2.37. The van der Waals surface area contributed by atoms with E-state index in [1.807, 2.05) is 24.3 Å². The molecule has 2 N–H and O–H groups in total. The first-order chi connectivity index (χ1) is 20.4. The van der Waals surface area contributed by atoms with Crippen molar-refractivity contribution < 1.29 is 34.1 Å². The number of nitrogens with zero attached hydrogens (tertiary/aromatic N) is 1. The van der Waals surface area contributed by atoms with Crippen LogP contribution in [0.1, 0.15) is 66.6 Å². The summed E-state index contributed by atoms with van der Waals surface area (Å²) in [5.41, 5.74) is 3.99. The molecule has 3 unspecified atom stereocenters. The van der Waals surface area contributed by atoms with E-state index < -0.39 is 12.3 Å². The number of carbonyl (C=O) groups excluding carboxylic acids is 2. The molecule has 8 nitrogen and oxygen atoms in total. The maximum absolute atomic E-state index is 12.9. The second kappa shape index (κ2) is 11.9. The second-order valence-electron chi connectivity index (χ2n) is 10.1. The summed E-state index contributed by atoms with van der Waals surface area (Å²) in [7, 11) is 0. The normalized spacial score (nSPS) is 20.0. The third kappa shape index (κ3) is 5.60. The van der Waals surface area contributed by atoms with Crippen molar-refractivity contribution in [2.75, 3.05) is 10.7 Å². The lowest BCUT2D eigenvalue weighted by molar-refractivity contribution is -0.245. The van der Waals surface area contributed by atoms with Gasteiger partial charge in [0.05, 0.1) is 41.2 Å². The summed E-state index contributed by atoms with van der Waals surface area (Å²) >= 11 is 1.57. The lowest BCUT2D eigenvalue weighted by Crippen LogP contribution is -2.31. The van der Waals surface area contributed by atoms with Crippen molar-refractivity contribution >= 4 is 35.2 Å². The predicted molar refractivity (Wildman–Crippen MR) is 157 cm³/mol. The third-order valence-corrected chi connectivity index (χ3v) is 8.51. The van der Waals surface area contributed by atoms with E-state index in [9.17, 15) is 24.6 Å². The van der Waals surface area contributed by atoms with Crippen LogP contribution in [0.2, 0.25) is 0 Å². The van der Waals surface area contributed by atoms with Crippen LogP contribution in [0.5, 0.6) is 0 Å². The highest BCUT2D eigenvalue weighted by atomic mass is 32.2. The molecule has 1 saturated heterocycles. The van der Waals surface area contributed by atoms with Crippen LogP contribution in [0.4, 0.5) is 5.69 Å². The summed E-state index contributed by atoms with van der Waals surface area (Å²) in [6, 6.07) is 28.2. The van der Waals surface area contributed by atoms with Gasteiger partial charge in [0.1, 0.15) is 0 Å². The number of fused-ring (bicyclic) bond motifs is 1. The van der Waals surface area contributed by atoms with Crippen LogP contribution in [0, 0.1) is 0 Å². The number of imide groups is 1. The maximum atomic E-state index is 12.9. The number of carbonyl (C=O) groups is 3. The Morgan fingerprint density at radius 2 is 1.43 bits per heavy atom. The van der Waals surface area contributed by atoms with Gasteiger partial charge in [-0.05, 0) is 59.7 Å². The van der Waals surface area contributed by atoms with Crippen molar-refractivity contribution in [2.45, 2.75) is 36.4 Å². The fourth-order valence-electron chi connectivity index (χ4n) is 5.11. The highest BCUT2D eigenvalue weighted by molar-refractivity contribution is 7.99. The molecule has 2 amide bonds. The van der Waals surface area contributed by atoms with Crippen molar-refractivity contribution in [1.29, 1.82) is 0 Å². The number of hydrogen-bond donors (Lipinski definition) is 2. The quantitative estimate of drug-likeness (QED) is 0.192. The van der Waals surface area contributed by atoms with E-state index in [0.29, 0.717) is 29.0 Å². The van der Waals surface area contributed by atoms with Crippen molar-refractivity contribution in [1.82, 2.24) is 0 Å². The number of ether oxygens (including phenoxy) is 2. The summed E-state index contributed by atoms with van der Waals surface area (Å²) in [6.07, 6.45) is -0.557. The number of hydrogen-bond acceptors (Lipinski definition) is 7. The first-order valence-electron chi connectivity index (χ1n) is 13.5. The van der Waals surface area contributed by atoms with Crippen molar-refractivity contribution in [3.8, 4) is 0 Å². The maximum Gasteiger partial charge on any atom is 0.335 e. The molecule has 0 radical (unpaired) electrons. The van der Waals surface area contributed by atoms with Gasteiger partial charge >= 0.3 is 5.97 Å². The summed E-state index contributed by atoms with van der Waals surface area (Å²) in [5, 5.41) is 18.6. The van der Waals surface area contributed by atoms with E-state index >= 15 is 0 Å². The Morgan fingerprint density at radius 1 is 0.810 bits per heavy atom. The second-order valence-corrected chi connectivity index (χ2v) is 11.2. The van der Waals surface area contributed by atoms with E-state index in [4.69, 9.17) is 9.47 Å². The topological polar surface area (TPSA) is 113 Å². The van der Waals surface area contributed by atoms with Crippen LogP contribution in [0.15, 0.2) is 102 Å². The van der Waals surface area contributed by atoms with Gasteiger partial charge in [0.15, 0.2) is 6.29 Å². The van der Waals surface area contributed by atoms with Gasteiger partial charge in [-0.3, -0.25) is 9.59 Å². The number of aliphatic hydroxyl groups is 1. The van der Waals surface area contributed by atoms with E-state index in [-0.39, 0.29) is 36.2 Å². The molecule has 0 aromatic heterocycles. The van der Waals surface area contributed by atoms with E-state index in [1.54, 1.807) is 84.6 Å². The molecule has 2 aliphatic rings. The number of aliphatic hydroxyl groups excluding tert-OH is 1. The minimum absolute atomic E-state index is 0.0447. The lowest BCUT2D eigenvalue weighted by Gasteiger charge is -2.36. The number of thioether (sulfide) groups is 1. The molecule has 1 fully saturated rings. The number of carboxylic acids is 1. The molecule has 2 aliphatic heterocycles. The average Bonchev–Trinajstić information content (AvgIpc) is 3.29. The van der Waals surface area contributed by atoms with Crippen LogP contribution in [-0.4, -0.2) is 39.9 Å². The number of carboxylic acid groups (broad SMARTS) is 1. The SMILES string of the molecule is O=C(O)c1ccc(SCC2CC(c3ccc(CO)cc3)OC(c3ccc(N4C(=O)c5ccccc5C4=O)cc3)O2)cc1. The molecule has 4 aromatic carbocycles. The van der Waals surface area contributed by atoms with Gasteiger partial charge in [-0.2, -0.15) is 0 Å². The van der Waals surface area contributed by atoms with Gasteiger partial charge in [0, 0.05) is 22.6 Å². The van der Waals surface area contributed by atoms with Crippen LogP contribution < -0.4 is 4.90 Å². The zero-order valence-electron chi connectivity index (χ0n) is 22.4. The minimum atomic E-state index is -0.966. The molecule has 6 rings (SSSR count). The van der Waals surface area contributed by atoms with E-state index in [0.717, 1.165) is 21.6 Å². The van der Waals surface area contributed by atoms with E-state index in [1.165, 1.54) is 4.90 Å². The highest BCUT2D eigenvalue weighted by Crippen LogP contribution is 2.40. The number of anilines is 1. The lowest BCUT2D eigenvalue weighted by atomic mass is 10.0. The number of aromatic carboxylic acids is 1. The van der Waals surface area contributed by atoms with Gasteiger partial charge in [-0.15, -0.1) is 11.8 Å². The summed E-state index contributed by atoms with van der Waals surface area (Å²) in [4.78, 5) is 39.2. The van der Waals surface area contributed by atoms with Crippen LogP contribution >= 0.6 is 11.8 Å². The number of benzene rings is 4. The summed E-state index contributed by atoms with van der Waals surface area (Å²) in [6.45, 7) is -0.0447. The minimum Gasteiger partial charge on any atom is -0.478 e. The first-order valence-corrected chi connectivity index (χ1v) is 14.4. The van der Waals surface area contributed by atoms with Crippen LogP contribution in [0.3, 0.4) is 0 Å². The molecule has 3 atom stereocenters. The van der Waals surface area contributed by atoms with Gasteiger partial charge in [0.25, 0.3) is 11.8 Å². The Labute approximate surface area is 246 Å². The summed E-state index contributed by atoms with van der Waals surface area (Å²) < 4.78 is 12.8. The Morgan fingerprint density at radius 3 is 2.02 bits per heavy atom. The van der Waals surface area contributed by atoms with Crippen LogP contribution in [0.25, 0.3) is 0 Å². The molecular weight excluding hydrogens is 554 g/mol. The summed E-state index contributed by atoms with van der Waals surface area (Å²) in [5.74, 6) is -1.06. The van der Waals surface area contributed by atoms with Gasteiger partial charge in [-0.25, -0.2) is 9.69 Å². The molecule has 9 heteroatoms. The molecular formula is C33H27NO7S. The number of rotatable bonds is 8. The van der Waals surface area contributed by atoms with Gasteiger partial charge in [-0.1, -0.05) is 48.5 Å². The monoisotopic (exact) mass is 581 g/mol. The molecule has 42 heavy (non-hydrogen) atoms. The van der Waals surface area contributed by atoms with Gasteiger partial charge in [0.2, 0.25) is 0 Å². The molecule has 0 saturated carbocycles. The largest absolute Gasteiger partial charge is 0.478 e. The Hall–Kier alpha value is -4.28. The zero-order chi connectivity index (χ0) is 29.2. The Kier molecular flexibility index (Phi) is 7.90. The third-order valence-electron chi connectivity index (χ3n) is 7.37. The fourth-order valence-corrected chi connectivity index (χ4v) is 6.03.